The van der Waals surface area contributed by atoms with Crippen molar-refractivity contribution in [2.75, 3.05) is 0 Å². The predicted octanol–water partition coefficient (Wildman–Crippen LogP) is 35.9. The van der Waals surface area contributed by atoms with Crippen molar-refractivity contribution in [2.24, 2.45) is 0 Å². The second-order valence-electron chi connectivity index (χ2n) is 37.5. The van der Waals surface area contributed by atoms with Gasteiger partial charge in [-0.25, -0.2) is 4.85 Å². The second kappa shape index (κ2) is 33.2. The SMILES string of the molecule is N#Cc1ccc2cc(-n3c4ccccc4c4cc(-c5ccc6c7ccccc7n(-c7ccccc7)c6c5)ccc43)c3ccccc3c2c1.N#Cc1ccc2ccc3cc(-n4c5ccccc5c5cc(-c6ccc7c8ccccc8n(-c8ccccc8)c7c6)ccc54)ccc3c2c1.[C-]#[N+]c1ccc2ccc3ccc(-n4c5ccccc5c5cc(-c6ccc7c8ccccc8n(-c8ccccc8)c7c6)ccc54)cc3c2c1. The molecule has 144 heavy (non-hydrogen) atoms. The molecule has 666 valence electrons. The van der Waals surface area contributed by atoms with E-state index in [0.717, 1.165) is 98.9 Å². The monoisotopic (exact) mass is 1830 g/mol. The Balaban J connectivity index is 0.000000105. The molecule has 24 aromatic carbocycles. The zero-order chi connectivity index (χ0) is 95.3. The minimum atomic E-state index is 0.659. The lowest BCUT2D eigenvalue weighted by molar-refractivity contribution is 1.18. The quantitative estimate of drug-likeness (QED) is 0.107. The topological polar surface area (TPSA) is 81.5 Å². The summed E-state index contributed by atoms with van der Waals surface area (Å²) in [6.45, 7) is 7.58. The molecule has 0 fully saturated rings. The summed E-state index contributed by atoms with van der Waals surface area (Å²) in [4.78, 5) is 3.71. The smallest absolute Gasteiger partial charge is 0.187 e. The fourth-order valence-corrected chi connectivity index (χ4v) is 23.1. The van der Waals surface area contributed by atoms with E-state index >= 15 is 0 Å². The number of hydrogen-bond acceptors (Lipinski definition) is 2. The predicted molar refractivity (Wildman–Crippen MR) is 602 cm³/mol. The summed E-state index contributed by atoms with van der Waals surface area (Å²) < 4.78 is 14.3. The molecule has 0 amide bonds. The summed E-state index contributed by atoms with van der Waals surface area (Å²) in [6, 6.07) is 181. The van der Waals surface area contributed by atoms with Gasteiger partial charge in [-0.15, -0.1) is 0 Å². The van der Waals surface area contributed by atoms with Crippen molar-refractivity contribution in [1.82, 2.24) is 27.4 Å². The Morgan fingerprint density at radius 1 is 0.160 bits per heavy atom. The molecule has 30 rings (SSSR count). The van der Waals surface area contributed by atoms with E-state index < -0.39 is 0 Å². The fourth-order valence-electron chi connectivity index (χ4n) is 23.1. The molecule has 0 N–H and O–H groups in total. The maximum Gasteiger partial charge on any atom is 0.187 e. The van der Waals surface area contributed by atoms with Gasteiger partial charge < -0.3 is 27.4 Å². The Kier molecular flexibility index (Phi) is 19.0. The van der Waals surface area contributed by atoms with Gasteiger partial charge >= 0.3 is 0 Å². The first-order valence-electron chi connectivity index (χ1n) is 48.7. The molecule has 30 aromatic rings. The number of nitriles is 2. The van der Waals surface area contributed by atoms with Gasteiger partial charge in [0.15, 0.2) is 5.69 Å². The zero-order valence-electron chi connectivity index (χ0n) is 77.8. The third-order valence-electron chi connectivity index (χ3n) is 29.7. The number of aromatic nitrogens is 6. The van der Waals surface area contributed by atoms with Crippen LogP contribution in [0, 0.1) is 29.2 Å². The molecule has 0 aliphatic carbocycles. The van der Waals surface area contributed by atoms with Crippen molar-refractivity contribution in [1.29, 1.82) is 10.5 Å². The molecule has 0 saturated heterocycles. The first-order chi connectivity index (χ1) is 71.3. The largest absolute Gasteiger partial charge is 0.309 e. The van der Waals surface area contributed by atoms with Crippen molar-refractivity contribution in [3.63, 3.8) is 0 Å². The Morgan fingerprint density at radius 3 is 0.854 bits per heavy atom. The molecule has 0 unspecified atom stereocenters. The first kappa shape index (κ1) is 82.4. The van der Waals surface area contributed by atoms with Crippen LogP contribution >= 0.6 is 0 Å². The van der Waals surface area contributed by atoms with E-state index in [1.165, 1.54) is 164 Å². The van der Waals surface area contributed by atoms with Crippen LogP contribution in [0.4, 0.5) is 5.69 Å². The molecule has 9 nitrogen and oxygen atoms in total. The van der Waals surface area contributed by atoms with E-state index in [4.69, 9.17) is 6.57 Å². The fraction of sp³-hybridized carbons (Fsp3) is 0. The van der Waals surface area contributed by atoms with Crippen molar-refractivity contribution in [3.8, 4) is 79.6 Å². The molecule has 0 atom stereocenters. The van der Waals surface area contributed by atoms with Crippen LogP contribution in [0.1, 0.15) is 11.1 Å². The van der Waals surface area contributed by atoms with E-state index in [1.54, 1.807) is 0 Å². The molecule has 0 bridgehead atoms. The van der Waals surface area contributed by atoms with Gasteiger partial charge in [0.05, 0.1) is 102 Å². The van der Waals surface area contributed by atoms with Crippen LogP contribution in [0.15, 0.2) is 491 Å². The summed E-state index contributed by atoms with van der Waals surface area (Å²) in [5.74, 6) is 0. The highest BCUT2D eigenvalue weighted by Gasteiger charge is 2.24. The van der Waals surface area contributed by atoms with Gasteiger partial charge in [-0.05, 0) is 281 Å². The number of para-hydroxylation sites is 9. The van der Waals surface area contributed by atoms with Crippen LogP contribution in [0.25, 0.3) is 268 Å². The molecule has 0 saturated carbocycles. The van der Waals surface area contributed by atoms with Crippen molar-refractivity contribution in [3.05, 3.63) is 514 Å². The molecular formula is C135H81N9. The first-order valence-corrected chi connectivity index (χ1v) is 48.7. The molecule has 6 aromatic heterocycles. The van der Waals surface area contributed by atoms with Crippen LogP contribution in [0.5, 0.6) is 0 Å². The van der Waals surface area contributed by atoms with Gasteiger partial charge in [0.1, 0.15) is 0 Å². The van der Waals surface area contributed by atoms with Crippen molar-refractivity contribution < 1.29 is 0 Å². The van der Waals surface area contributed by atoms with E-state index in [2.05, 4.69) is 487 Å². The van der Waals surface area contributed by atoms with Gasteiger partial charge in [-0.2, -0.15) is 10.5 Å². The average molecular weight is 1830 g/mol. The van der Waals surface area contributed by atoms with Crippen LogP contribution in [0.3, 0.4) is 0 Å². The Hall–Kier alpha value is -19.9. The summed E-state index contributed by atoms with van der Waals surface area (Å²) in [5.41, 5.74) is 30.2. The third kappa shape index (κ3) is 13.2. The number of fused-ring (bicyclic) bond motifs is 27. The zero-order valence-corrected chi connectivity index (χ0v) is 77.8. The molecule has 0 radical (unpaired) electrons. The highest BCUT2D eigenvalue weighted by atomic mass is 15.0. The van der Waals surface area contributed by atoms with E-state index in [0.29, 0.717) is 16.8 Å². The van der Waals surface area contributed by atoms with Gasteiger partial charge in [0, 0.05) is 98.5 Å². The summed E-state index contributed by atoms with van der Waals surface area (Å²) in [5, 5.41) is 47.6. The van der Waals surface area contributed by atoms with Crippen molar-refractivity contribution >= 4 is 201 Å². The van der Waals surface area contributed by atoms with Crippen molar-refractivity contribution in [2.45, 2.75) is 0 Å². The second-order valence-corrected chi connectivity index (χ2v) is 37.5. The highest BCUT2D eigenvalue weighted by molar-refractivity contribution is 6.21. The Morgan fingerprint density at radius 2 is 0.431 bits per heavy atom. The number of benzene rings is 24. The van der Waals surface area contributed by atoms with Gasteiger partial charge in [0.25, 0.3) is 0 Å². The summed E-state index contributed by atoms with van der Waals surface area (Å²) >= 11 is 0. The maximum absolute atomic E-state index is 9.61. The Bertz CT molecular complexity index is 10800. The molecule has 9 heteroatoms. The maximum atomic E-state index is 9.61. The summed E-state index contributed by atoms with van der Waals surface area (Å²) in [7, 11) is 0. The lowest BCUT2D eigenvalue weighted by Gasteiger charge is -2.14. The molecule has 0 aliphatic heterocycles. The standard InChI is InChI=1S/3C45H27N3/c1-46-33-21-17-29-15-16-30-18-22-35(28-40(30)39(29)27-33)48-43-14-8-6-12-37(43)41-25-31(20-24-44(41)48)32-19-23-38-36-11-5-7-13-42(36)47(45(38)26-32)34-9-3-2-4-10-34;46-28-29-14-15-30-16-17-33-25-35(20-22-36(33)40(30)24-29)48-43-13-7-5-11-38(43)41-26-31(19-23-44(41)48)32-18-21-39-37-10-4-6-12-42(37)47(45(39)27-32)34-8-2-1-3-9-34;46-28-29-18-19-32-27-45(35-13-5-4-12-34(35)39(32)24-29)48-42-17-9-7-15-37(42)40-25-30(21-23-43(40)48)31-20-22-38-36-14-6-8-16-41(36)47(44(38)26-31)33-10-2-1-3-11-33/h2-28H;2*1-27H. The number of nitrogens with zero attached hydrogens (tertiary/aromatic N) is 9. The molecular weight excluding hydrogens is 1750 g/mol. The summed E-state index contributed by atoms with van der Waals surface area (Å²) in [6.07, 6.45) is 0. The van der Waals surface area contributed by atoms with E-state index in [1.807, 2.05) is 48.5 Å². The van der Waals surface area contributed by atoms with E-state index in [-0.39, 0.29) is 0 Å². The van der Waals surface area contributed by atoms with Gasteiger partial charge in [-0.3, -0.25) is 0 Å². The number of rotatable bonds is 9. The molecule has 0 aliphatic rings. The lowest BCUT2D eigenvalue weighted by atomic mass is 9.98. The lowest BCUT2D eigenvalue weighted by Crippen LogP contribution is -1.96. The van der Waals surface area contributed by atoms with Crippen LogP contribution < -0.4 is 0 Å². The van der Waals surface area contributed by atoms with E-state index in [9.17, 15) is 10.5 Å². The number of hydrogen-bond donors (Lipinski definition) is 0. The van der Waals surface area contributed by atoms with Crippen LogP contribution in [0.2, 0.25) is 0 Å². The van der Waals surface area contributed by atoms with Gasteiger partial charge in [0.2, 0.25) is 0 Å². The van der Waals surface area contributed by atoms with Crippen LogP contribution in [-0.4, -0.2) is 27.4 Å². The molecule has 0 spiro atoms. The normalized spacial score (nSPS) is 11.7. The minimum Gasteiger partial charge on any atom is -0.309 e. The van der Waals surface area contributed by atoms with Crippen LogP contribution in [-0.2, 0) is 0 Å². The Labute approximate surface area is 826 Å². The average Bonchev–Trinajstić information content (AvgIpc) is 1.49. The highest BCUT2D eigenvalue weighted by Crippen LogP contribution is 2.47. The molecule has 6 heterocycles. The minimum absolute atomic E-state index is 0.659. The third-order valence-corrected chi connectivity index (χ3v) is 29.7. The van der Waals surface area contributed by atoms with Gasteiger partial charge in [-0.1, -0.05) is 303 Å².